The Labute approximate surface area is 193 Å². The number of fused-ring (bicyclic) bond motifs is 1. The maximum absolute atomic E-state index is 13.1. The maximum Gasteiger partial charge on any atom is 0.282 e. The molecule has 1 N–H and O–H groups in total. The zero-order valence-corrected chi connectivity index (χ0v) is 19.4. The summed E-state index contributed by atoms with van der Waals surface area (Å²) < 4.78 is 35.4. The number of Topliss-reactive ketones (excluding diaryl/α,β-unsaturated/α-hetero) is 1. The number of methoxy groups -OCH3 is 1. The van der Waals surface area contributed by atoms with E-state index in [2.05, 4.69) is 9.71 Å². The molecular formula is C26H24N2O4S. The summed E-state index contributed by atoms with van der Waals surface area (Å²) in [4.78, 5) is 13.2. The summed E-state index contributed by atoms with van der Waals surface area (Å²) in [7, 11) is -2.40. The van der Waals surface area contributed by atoms with Gasteiger partial charge in [0.15, 0.2) is 0 Å². The van der Waals surface area contributed by atoms with E-state index in [0.717, 1.165) is 5.56 Å². The summed E-state index contributed by atoms with van der Waals surface area (Å²) in [6.45, 7) is 4.09. The van der Waals surface area contributed by atoms with Crippen LogP contribution in [-0.2, 0) is 10.0 Å². The van der Waals surface area contributed by atoms with Crippen molar-refractivity contribution in [2.75, 3.05) is 12.4 Å². The fraction of sp³-hybridized carbons (Fsp3) is 0.154. The largest absolute Gasteiger partial charge is 0.497 e. The average molecular weight is 461 g/mol. The molecule has 0 spiro atoms. The van der Waals surface area contributed by atoms with E-state index in [1.807, 2.05) is 13.8 Å². The van der Waals surface area contributed by atoms with Crippen molar-refractivity contribution in [3.8, 4) is 5.75 Å². The summed E-state index contributed by atoms with van der Waals surface area (Å²) in [5.74, 6) is 0.740. The maximum atomic E-state index is 13.1. The second-order valence-electron chi connectivity index (χ2n) is 7.96. The normalized spacial score (nSPS) is 14.7. The number of nitrogens with zero attached hydrogens (tertiary/aromatic N) is 1. The number of anilines is 1. The van der Waals surface area contributed by atoms with Gasteiger partial charge in [0.05, 0.1) is 23.4 Å². The number of allylic oxidation sites excluding steroid dienone is 2. The summed E-state index contributed by atoms with van der Waals surface area (Å²) in [6.07, 6.45) is 1.48. The zero-order valence-electron chi connectivity index (χ0n) is 18.6. The lowest BCUT2D eigenvalue weighted by atomic mass is 9.92. The summed E-state index contributed by atoms with van der Waals surface area (Å²) in [5.41, 5.74) is 3.02. The van der Waals surface area contributed by atoms with Gasteiger partial charge in [0.25, 0.3) is 10.0 Å². The van der Waals surface area contributed by atoms with Crippen LogP contribution in [0.15, 0.2) is 93.9 Å². The van der Waals surface area contributed by atoms with E-state index in [9.17, 15) is 13.2 Å². The van der Waals surface area contributed by atoms with Gasteiger partial charge >= 0.3 is 0 Å². The molecule has 7 heteroatoms. The Morgan fingerprint density at radius 2 is 1.52 bits per heavy atom. The third-order valence-electron chi connectivity index (χ3n) is 5.41. The molecule has 0 atom stereocenters. The molecule has 1 aliphatic carbocycles. The van der Waals surface area contributed by atoms with Gasteiger partial charge in [-0.05, 0) is 54.0 Å². The predicted octanol–water partition coefficient (Wildman–Crippen LogP) is 5.19. The van der Waals surface area contributed by atoms with E-state index in [1.54, 1.807) is 79.9 Å². The number of rotatable bonds is 6. The smallest absolute Gasteiger partial charge is 0.282 e. The van der Waals surface area contributed by atoms with E-state index in [1.165, 1.54) is 6.08 Å². The highest BCUT2D eigenvalue weighted by molar-refractivity contribution is 7.90. The molecule has 4 rings (SSSR count). The summed E-state index contributed by atoms with van der Waals surface area (Å²) in [5, 5.41) is 3.08. The molecule has 0 radical (unpaired) electrons. The lowest BCUT2D eigenvalue weighted by molar-refractivity contribution is 0.103. The zero-order chi connectivity index (χ0) is 23.6. The Kier molecular flexibility index (Phi) is 6.16. The first-order valence-corrected chi connectivity index (χ1v) is 11.9. The van der Waals surface area contributed by atoms with Crippen LogP contribution >= 0.6 is 0 Å². The number of hydrogen-bond donors (Lipinski definition) is 1. The van der Waals surface area contributed by atoms with Crippen LogP contribution in [-0.4, -0.2) is 27.0 Å². The van der Waals surface area contributed by atoms with Gasteiger partial charge in [-0.3, -0.25) is 4.79 Å². The molecule has 0 amide bonds. The van der Waals surface area contributed by atoms with E-state index in [0.29, 0.717) is 28.5 Å². The number of ether oxygens (including phenoxy) is 1. The van der Waals surface area contributed by atoms with Crippen LogP contribution in [0.1, 0.15) is 41.3 Å². The van der Waals surface area contributed by atoms with Crippen molar-refractivity contribution in [1.29, 1.82) is 0 Å². The van der Waals surface area contributed by atoms with Gasteiger partial charge in [-0.2, -0.15) is 12.8 Å². The van der Waals surface area contributed by atoms with Crippen molar-refractivity contribution in [2.45, 2.75) is 24.7 Å². The SMILES string of the molecule is COc1ccc(NC2=C/C(=N/S(=O)(=O)c3ccc(C(C)C)cc3)c3ccccc3C2=O)cc1. The molecule has 0 bridgehead atoms. The average Bonchev–Trinajstić information content (AvgIpc) is 2.82. The first kappa shape index (κ1) is 22.5. The van der Waals surface area contributed by atoms with Gasteiger partial charge in [0.1, 0.15) is 5.75 Å². The lowest BCUT2D eigenvalue weighted by Crippen LogP contribution is -2.22. The number of ketones is 1. The van der Waals surface area contributed by atoms with Gasteiger partial charge in [-0.1, -0.05) is 50.2 Å². The van der Waals surface area contributed by atoms with Crippen molar-refractivity contribution in [2.24, 2.45) is 4.40 Å². The quantitative estimate of drug-likeness (QED) is 0.547. The molecule has 0 aliphatic heterocycles. The number of carbonyl (C=O) groups is 1. The number of sulfonamides is 1. The third-order valence-corrected chi connectivity index (χ3v) is 6.71. The first-order chi connectivity index (χ1) is 15.8. The number of carbonyl (C=O) groups excluding carboxylic acids is 1. The lowest BCUT2D eigenvalue weighted by Gasteiger charge is -2.19. The minimum absolute atomic E-state index is 0.104. The molecule has 33 heavy (non-hydrogen) atoms. The van der Waals surface area contributed by atoms with Gasteiger partial charge in [-0.25, -0.2) is 0 Å². The molecule has 0 saturated carbocycles. The minimum atomic E-state index is -3.98. The van der Waals surface area contributed by atoms with Crippen molar-refractivity contribution < 1.29 is 17.9 Å². The van der Waals surface area contributed by atoms with Gasteiger partial charge in [0, 0.05) is 16.8 Å². The van der Waals surface area contributed by atoms with E-state index in [-0.39, 0.29) is 22.1 Å². The predicted molar refractivity (Wildman–Crippen MR) is 130 cm³/mol. The Morgan fingerprint density at radius 1 is 0.879 bits per heavy atom. The molecule has 0 saturated heterocycles. The fourth-order valence-corrected chi connectivity index (χ4v) is 4.53. The highest BCUT2D eigenvalue weighted by Crippen LogP contribution is 2.26. The van der Waals surface area contributed by atoms with Crippen LogP contribution in [0.2, 0.25) is 0 Å². The van der Waals surface area contributed by atoms with E-state index >= 15 is 0 Å². The topological polar surface area (TPSA) is 84.8 Å². The molecule has 0 heterocycles. The van der Waals surface area contributed by atoms with Crippen molar-refractivity contribution in [1.82, 2.24) is 0 Å². The summed E-state index contributed by atoms with van der Waals surface area (Å²) in [6, 6.07) is 20.7. The van der Waals surface area contributed by atoms with Crippen LogP contribution in [0, 0.1) is 0 Å². The Morgan fingerprint density at radius 3 is 2.12 bits per heavy atom. The third kappa shape index (κ3) is 4.73. The van der Waals surface area contributed by atoms with Crippen LogP contribution in [0.25, 0.3) is 0 Å². The molecule has 0 fully saturated rings. The van der Waals surface area contributed by atoms with Crippen LogP contribution in [0.5, 0.6) is 5.75 Å². The Hall–Kier alpha value is -3.71. The molecule has 1 aliphatic rings. The molecular weight excluding hydrogens is 436 g/mol. The van der Waals surface area contributed by atoms with E-state index in [4.69, 9.17) is 4.74 Å². The minimum Gasteiger partial charge on any atom is -0.497 e. The molecule has 3 aromatic carbocycles. The number of hydrogen-bond acceptors (Lipinski definition) is 5. The van der Waals surface area contributed by atoms with Crippen molar-refractivity contribution >= 4 is 27.2 Å². The highest BCUT2D eigenvalue weighted by atomic mass is 32.2. The molecule has 6 nitrogen and oxygen atoms in total. The van der Waals surface area contributed by atoms with Gasteiger partial charge in [-0.15, -0.1) is 0 Å². The van der Waals surface area contributed by atoms with Gasteiger partial charge in [0.2, 0.25) is 5.78 Å². The Balaban J connectivity index is 1.75. The molecule has 168 valence electrons. The van der Waals surface area contributed by atoms with Crippen LogP contribution in [0.3, 0.4) is 0 Å². The highest BCUT2D eigenvalue weighted by Gasteiger charge is 2.26. The van der Waals surface area contributed by atoms with Crippen LogP contribution in [0.4, 0.5) is 5.69 Å². The first-order valence-electron chi connectivity index (χ1n) is 10.5. The number of nitrogens with one attached hydrogen (secondary N) is 1. The van der Waals surface area contributed by atoms with Gasteiger partial charge < -0.3 is 10.1 Å². The molecule has 0 unspecified atom stereocenters. The van der Waals surface area contributed by atoms with Crippen molar-refractivity contribution in [3.63, 3.8) is 0 Å². The second-order valence-corrected chi connectivity index (χ2v) is 9.57. The monoisotopic (exact) mass is 460 g/mol. The standard InChI is InChI=1S/C26H24N2O4S/c1-17(2)18-8-14-21(15-9-18)33(30,31)28-24-16-25(26(29)23-7-5-4-6-22(23)24)27-19-10-12-20(32-3)13-11-19/h4-17,27H,1-3H3/b28-24-. The van der Waals surface area contributed by atoms with E-state index < -0.39 is 10.0 Å². The molecule has 0 aromatic heterocycles. The van der Waals surface area contributed by atoms with Crippen molar-refractivity contribution in [3.05, 3.63) is 101 Å². The molecule has 3 aromatic rings. The summed E-state index contributed by atoms with van der Waals surface area (Å²) >= 11 is 0. The fourth-order valence-electron chi connectivity index (χ4n) is 3.53. The second kappa shape index (κ2) is 9.03. The Bertz CT molecular complexity index is 1350. The van der Waals surface area contributed by atoms with Crippen LogP contribution < -0.4 is 10.1 Å². The number of benzene rings is 3.